The van der Waals surface area contributed by atoms with E-state index in [1.165, 1.54) is 11.8 Å². The van der Waals surface area contributed by atoms with E-state index in [0.717, 1.165) is 49.1 Å². The van der Waals surface area contributed by atoms with Crippen molar-refractivity contribution in [3.8, 4) is 0 Å². The van der Waals surface area contributed by atoms with Crippen molar-refractivity contribution in [1.29, 1.82) is 0 Å². The van der Waals surface area contributed by atoms with E-state index < -0.39 is 23.0 Å². The molecule has 1 aromatic rings. The highest BCUT2D eigenvalue weighted by Gasteiger charge is 2.68. The number of esters is 1. The normalized spacial score (nSPS) is 39.6. The standard InChI is InChI=1S/C34H48N2O5S/c1-6-32(4)18-27(33(5)21(2)12-14-34(22(3)30(32)39)15-13-26(37)29(33)34)41-28(38)20-42-24-10-7-9-23(17-24)19-36-31(40)25-11-8-16-35-25/h6-7,9-10,17,21-22,25,27,29-30,35,39H,1,8,11-16,18-20H2,2-5H3,(H,36,40)/t21?,22-,25-,27+,29?,30-,32+,33-,34?/m0/s1. The number of carbonyl (C=O) groups excluding carboxylic acids is 3. The molecular weight excluding hydrogens is 548 g/mol. The van der Waals surface area contributed by atoms with Gasteiger partial charge in [-0.1, -0.05) is 45.9 Å². The summed E-state index contributed by atoms with van der Waals surface area (Å²) in [4.78, 5) is 40.4. The van der Waals surface area contributed by atoms with E-state index in [4.69, 9.17) is 4.74 Å². The molecule has 0 spiro atoms. The first-order valence-corrected chi connectivity index (χ1v) is 16.7. The molecule has 0 aromatic heterocycles. The van der Waals surface area contributed by atoms with Crippen LogP contribution in [0.4, 0.5) is 0 Å². The van der Waals surface area contributed by atoms with Crippen LogP contribution in [0.2, 0.25) is 0 Å². The third-order valence-electron chi connectivity index (χ3n) is 11.7. The molecule has 42 heavy (non-hydrogen) atoms. The Morgan fingerprint density at radius 2 is 2.02 bits per heavy atom. The molecule has 3 unspecified atom stereocenters. The SMILES string of the molecule is C=C[C@]1(C)C[C@@H](OC(=O)CSc2cccc(CNC(=O)[C@@H]3CCCN3)c2)[C@]2(C)C(C)CCC3(CCC(=O)C32)[C@@H](C)[C@@H]1O. The van der Waals surface area contributed by atoms with Crippen molar-refractivity contribution in [1.82, 2.24) is 10.6 Å². The Balaban J connectivity index is 1.31. The van der Waals surface area contributed by atoms with Crippen molar-refractivity contribution >= 4 is 29.4 Å². The predicted octanol–water partition coefficient (Wildman–Crippen LogP) is 5.05. The van der Waals surface area contributed by atoms with Crippen LogP contribution in [-0.4, -0.2) is 53.3 Å². The van der Waals surface area contributed by atoms with Crippen molar-refractivity contribution in [3.05, 3.63) is 42.5 Å². The van der Waals surface area contributed by atoms with Crippen molar-refractivity contribution in [3.63, 3.8) is 0 Å². The maximum atomic E-state index is 13.6. The zero-order valence-electron chi connectivity index (χ0n) is 25.6. The third-order valence-corrected chi connectivity index (χ3v) is 12.6. The zero-order valence-corrected chi connectivity index (χ0v) is 26.4. The Hall–Kier alpha value is -2.16. The summed E-state index contributed by atoms with van der Waals surface area (Å²) in [6.07, 6.45) is 6.13. The van der Waals surface area contributed by atoms with Crippen LogP contribution in [0, 0.1) is 34.0 Å². The van der Waals surface area contributed by atoms with Gasteiger partial charge in [-0.25, -0.2) is 0 Å². The van der Waals surface area contributed by atoms with Gasteiger partial charge in [0.15, 0.2) is 0 Å². The molecule has 3 saturated carbocycles. The van der Waals surface area contributed by atoms with E-state index in [1.807, 2.05) is 37.3 Å². The summed E-state index contributed by atoms with van der Waals surface area (Å²) in [5.74, 6) is 0.0116. The van der Waals surface area contributed by atoms with Gasteiger partial charge in [0.05, 0.1) is 17.9 Å². The lowest BCUT2D eigenvalue weighted by Crippen LogP contribution is -2.63. The second-order valence-electron chi connectivity index (χ2n) is 13.9. The first kappa shape index (κ1) is 31.3. The Morgan fingerprint density at radius 1 is 1.24 bits per heavy atom. The summed E-state index contributed by atoms with van der Waals surface area (Å²) >= 11 is 1.41. The fourth-order valence-corrected chi connectivity index (χ4v) is 9.56. The third kappa shape index (κ3) is 5.48. The number of ether oxygens (including phenoxy) is 1. The van der Waals surface area contributed by atoms with Crippen molar-refractivity contribution in [2.45, 2.75) is 102 Å². The minimum atomic E-state index is -0.676. The maximum Gasteiger partial charge on any atom is 0.316 e. The maximum absolute atomic E-state index is 13.6. The van der Waals surface area contributed by atoms with Crippen LogP contribution < -0.4 is 10.6 Å². The molecule has 9 atom stereocenters. The van der Waals surface area contributed by atoms with Crippen LogP contribution in [0.25, 0.3) is 0 Å². The van der Waals surface area contributed by atoms with E-state index in [2.05, 4.69) is 38.0 Å². The van der Waals surface area contributed by atoms with Crippen molar-refractivity contribution in [2.75, 3.05) is 12.3 Å². The van der Waals surface area contributed by atoms with Crippen LogP contribution in [-0.2, 0) is 25.7 Å². The summed E-state index contributed by atoms with van der Waals surface area (Å²) in [7, 11) is 0. The van der Waals surface area contributed by atoms with Crippen LogP contribution >= 0.6 is 11.8 Å². The minimum Gasteiger partial charge on any atom is -0.461 e. The average molecular weight is 597 g/mol. The number of amides is 1. The van der Waals surface area contributed by atoms with E-state index in [0.29, 0.717) is 19.4 Å². The van der Waals surface area contributed by atoms with Gasteiger partial charge in [0.2, 0.25) is 5.91 Å². The molecule has 1 aromatic carbocycles. The van der Waals surface area contributed by atoms with E-state index in [-0.39, 0.29) is 52.6 Å². The van der Waals surface area contributed by atoms with Gasteiger partial charge in [-0.15, -0.1) is 18.3 Å². The van der Waals surface area contributed by atoms with Crippen LogP contribution in [0.15, 0.2) is 41.8 Å². The smallest absolute Gasteiger partial charge is 0.316 e. The van der Waals surface area contributed by atoms with E-state index in [9.17, 15) is 19.5 Å². The van der Waals surface area contributed by atoms with Crippen molar-refractivity contribution in [2.24, 2.45) is 34.0 Å². The van der Waals surface area contributed by atoms with Crippen LogP contribution in [0.1, 0.15) is 78.2 Å². The first-order valence-electron chi connectivity index (χ1n) is 15.7. The number of rotatable bonds is 8. The molecule has 1 heterocycles. The highest BCUT2D eigenvalue weighted by atomic mass is 32.2. The van der Waals surface area contributed by atoms with E-state index in [1.54, 1.807) is 0 Å². The molecule has 2 bridgehead atoms. The summed E-state index contributed by atoms with van der Waals surface area (Å²) in [5.41, 5.74) is -0.473. The molecule has 4 aliphatic rings. The van der Waals surface area contributed by atoms with Crippen LogP contribution in [0.3, 0.4) is 0 Å². The fraction of sp³-hybridized carbons (Fsp3) is 0.676. The second kappa shape index (κ2) is 12.1. The molecule has 1 saturated heterocycles. The van der Waals surface area contributed by atoms with Gasteiger partial charge in [0.25, 0.3) is 0 Å². The summed E-state index contributed by atoms with van der Waals surface area (Å²) in [6, 6.07) is 7.75. The van der Waals surface area contributed by atoms with Gasteiger partial charge < -0.3 is 20.5 Å². The molecule has 8 heteroatoms. The lowest BCUT2D eigenvalue weighted by molar-refractivity contribution is -0.205. The lowest BCUT2D eigenvalue weighted by Gasteiger charge is -2.61. The molecule has 0 radical (unpaired) electrons. The zero-order chi connectivity index (χ0) is 30.3. The first-order chi connectivity index (χ1) is 19.9. The van der Waals surface area contributed by atoms with Gasteiger partial charge >= 0.3 is 5.97 Å². The Bertz CT molecular complexity index is 1220. The van der Waals surface area contributed by atoms with Gasteiger partial charge in [-0.2, -0.15) is 0 Å². The number of Topliss-reactive ketones (excluding diaryl/α,β-unsaturated/α-hetero) is 1. The Labute approximate surface area is 255 Å². The summed E-state index contributed by atoms with van der Waals surface area (Å²) < 4.78 is 6.37. The second-order valence-corrected chi connectivity index (χ2v) is 14.9. The average Bonchev–Trinajstić information content (AvgIpc) is 3.65. The van der Waals surface area contributed by atoms with Gasteiger partial charge in [0.1, 0.15) is 11.9 Å². The topological polar surface area (TPSA) is 105 Å². The molecule has 1 aliphatic heterocycles. The summed E-state index contributed by atoms with van der Waals surface area (Å²) in [5, 5.41) is 17.9. The van der Waals surface area contributed by atoms with E-state index >= 15 is 0 Å². The Morgan fingerprint density at radius 3 is 2.74 bits per heavy atom. The number of nitrogens with one attached hydrogen (secondary N) is 2. The molecule has 3 aliphatic carbocycles. The number of benzene rings is 1. The molecule has 230 valence electrons. The molecular formula is C34H48N2O5S. The minimum absolute atomic E-state index is 0.0227. The number of hydrogen-bond donors (Lipinski definition) is 3. The number of carbonyl (C=O) groups is 3. The molecule has 5 rings (SSSR count). The van der Waals surface area contributed by atoms with Crippen molar-refractivity contribution < 1.29 is 24.2 Å². The molecule has 4 fully saturated rings. The van der Waals surface area contributed by atoms with Gasteiger partial charge in [-0.05, 0) is 80.0 Å². The number of thioether (sulfide) groups is 1. The highest BCUT2D eigenvalue weighted by molar-refractivity contribution is 8.00. The lowest BCUT2D eigenvalue weighted by atomic mass is 9.44. The Kier molecular flexibility index (Phi) is 9.00. The van der Waals surface area contributed by atoms with Gasteiger partial charge in [-0.3, -0.25) is 14.4 Å². The number of aliphatic hydroxyl groups excluding tert-OH is 1. The monoisotopic (exact) mass is 596 g/mol. The summed E-state index contributed by atoms with van der Waals surface area (Å²) in [6.45, 7) is 13.9. The number of hydrogen-bond acceptors (Lipinski definition) is 7. The number of ketones is 1. The predicted molar refractivity (Wildman–Crippen MR) is 165 cm³/mol. The molecule has 7 nitrogen and oxygen atoms in total. The largest absolute Gasteiger partial charge is 0.461 e. The number of aliphatic hydroxyl groups is 1. The van der Waals surface area contributed by atoms with Gasteiger partial charge in [0, 0.05) is 34.6 Å². The fourth-order valence-electron chi connectivity index (χ4n) is 8.80. The quantitative estimate of drug-likeness (QED) is 0.219. The highest BCUT2D eigenvalue weighted by Crippen LogP contribution is 2.68. The van der Waals surface area contributed by atoms with Crippen LogP contribution in [0.5, 0.6) is 0 Å². The molecule has 1 amide bonds. The molecule has 3 N–H and O–H groups in total.